The zero-order valence-electron chi connectivity index (χ0n) is 17.5. The van der Waals surface area contributed by atoms with Gasteiger partial charge in [-0.15, -0.1) is 0 Å². The zero-order chi connectivity index (χ0) is 22.0. The quantitative estimate of drug-likeness (QED) is 0.373. The molecular formula is C26H22F2N4. The van der Waals surface area contributed by atoms with Gasteiger partial charge in [0.05, 0.1) is 16.9 Å². The van der Waals surface area contributed by atoms with Crippen LogP contribution in [0.5, 0.6) is 0 Å². The summed E-state index contributed by atoms with van der Waals surface area (Å²) in [5.41, 5.74) is 4.96. The van der Waals surface area contributed by atoms with Crippen molar-refractivity contribution in [3.8, 4) is 0 Å². The van der Waals surface area contributed by atoms with E-state index in [4.69, 9.17) is 9.98 Å². The molecule has 0 saturated carbocycles. The highest BCUT2D eigenvalue weighted by Gasteiger charge is 2.34. The van der Waals surface area contributed by atoms with Crippen LogP contribution in [0.15, 0.2) is 90.1 Å². The van der Waals surface area contributed by atoms with Gasteiger partial charge in [-0.3, -0.25) is 4.98 Å². The maximum atomic E-state index is 13.8. The van der Waals surface area contributed by atoms with Gasteiger partial charge in [0.15, 0.2) is 5.82 Å². The van der Waals surface area contributed by atoms with E-state index in [0.29, 0.717) is 16.9 Å². The van der Waals surface area contributed by atoms with Crippen molar-refractivity contribution in [1.82, 2.24) is 9.97 Å². The predicted octanol–water partition coefficient (Wildman–Crippen LogP) is 6.03. The molecule has 1 fully saturated rings. The number of anilines is 1. The van der Waals surface area contributed by atoms with E-state index in [1.165, 1.54) is 0 Å². The number of rotatable bonds is 4. The highest BCUT2D eigenvalue weighted by Crippen LogP contribution is 2.35. The number of fused-ring (bicyclic) bond motifs is 1. The summed E-state index contributed by atoms with van der Waals surface area (Å²) in [6.07, 6.45) is 1.37. The lowest BCUT2D eigenvalue weighted by molar-refractivity contribution is -0.0220. The van der Waals surface area contributed by atoms with Gasteiger partial charge in [-0.2, -0.15) is 0 Å². The molecule has 6 heteroatoms. The van der Waals surface area contributed by atoms with Crippen molar-refractivity contribution in [2.45, 2.75) is 18.8 Å². The second-order valence-electron chi connectivity index (χ2n) is 7.91. The minimum Gasteiger partial charge on any atom is -0.369 e. The van der Waals surface area contributed by atoms with E-state index >= 15 is 0 Å². The standard InChI is InChI=1S/C26H22F2N4/c27-26(28)13-16-32(17-14-26)22-18-23(30-21-12-7-15-29-25(21)22)31-24(19-8-3-1-4-9-19)20-10-5-2-6-11-20/h1-12,15,18H,13-14,16-17H2. The number of halogens is 2. The van der Waals surface area contributed by atoms with Crippen LogP contribution in [0.3, 0.4) is 0 Å². The zero-order valence-corrected chi connectivity index (χ0v) is 17.5. The highest BCUT2D eigenvalue weighted by molar-refractivity contribution is 6.14. The van der Waals surface area contributed by atoms with Crippen molar-refractivity contribution in [2.75, 3.05) is 18.0 Å². The Bertz CT molecular complexity index is 1210. The maximum absolute atomic E-state index is 13.8. The summed E-state index contributed by atoms with van der Waals surface area (Å²) in [7, 11) is 0. The molecule has 1 aliphatic rings. The molecular weight excluding hydrogens is 406 g/mol. The molecule has 2 aromatic heterocycles. The Morgan fingerprint density at radius 3 is 2.09 bits per heavy atom. The number of nitrogens with zero attached hydrogens (tertiary/aromatic N) is 4. The lowest BCUT2D eigenvalue weighted by atomic mass is 10.0. The molecule has 1 saturated heterocycles. The van der Waals surface area contributed by atoms with Crippen LogP contribution in [-0.4, -0.2) is 34.7 Å². The molecule has 0 atom stereocenters. The van der Waals surface area contributed by atoms with E-state index in [1.54, 1.807) is 6.20 Å². The molecule has 0 bridgehead atoms. The van der Waals surface area contributed by atoms with E-state index in [9.17, 15) is 8.78 Å². The van der Waals surface area contributed by atoms with Crippen molar-refractivity contribution >= 4 is 28.3 Å². The molecule has 1 aliphatic heterocycles. The number of hydrogen-bond acceptors (Lipinski definition) is 4. The number of alkyl halides is 2. The summed E-state index contributed by atoms with van der Waals surface area (Å²) in [5.74, 6) is -2.08. The average molecular weight is 428 g/mol. The summed E-state index contributed by atoms with van der Waals surface area (Å²) in [6.45, 7) is 0.548. The molecule has 4 nitrogen and oxygen atoms in total. The second kappa shape index (κ2) is 8.46. The van der Waals surface area contributed by atoms with Crippen molar-refractivity contribution in [2.24, 2.45) is 4.99 Å². The van der Waals surface area contributed by atoms with E-state index in [1.807, 2.05) is 83.8 Å². The molecule has 0 radical (unpaired) electrons. The number of hydrogen-bond donors (Lipinski definition) is 0. The van der Waals surface area contributed by atoms with Gasteiger partial charge in [-0.1, -0.05) is 60.7 Å². The lowest BCUT2D eigenvalue weighted by Gasteiger charge is -2.33. The summed E-state index contributed by atoms with van der Waals surface area (Å²) in [5, 5.41) is 0. The van der Waals surface area contributed by atoms with Gasteiger partial charge in [-0.05, 0) is 12.1 Å². The fourth-order valence-electron chi connectivity index (χ4n) is 4.01. The molecule has 5 rings (SSSR count). The first-order valence-corrected chi connectivity index (χ1v) is 10.7. The predicted molar refractivity (Wildman–Crippen MR) is 124 cm³/mol. The first-order valence-electron chi connectivity index (χ1n) is 10.7. The normalized spacial score (nSPS) is 15.5. The SMILES string of the molecule is FC1(F)CCN(c2cc(N=C(c3ccccc3)c3ccccc3)nc3cccnc23)CC1. The van der Waals surface area contributed by atoms with Crippen molar-refractivity contribution < 1.29 is 8.78 Å². The number of benzene rings is 2. The lowest BCUT2D eigenvalue weighted by Crippen LogP contribution is -2.39. The van der Waals surface area contributed by atoms with Gasteiger partial charge in [0.2, 0.25) is 0 Å². The van der Waals surface area contributed by atoms with Gasteiger partial charge in [-0.25, -0.2) is 18.8 Å². The maximum Gasteiger partial charge on any atom is 0.251 e. The summed E-state index contributed by atoms with van der Waals surface area (Å²) >= 11 is 0. The first-order chi connectivity index (χ1) is 15.6. The topological polar surface area (TPSA) is 41.4 Å². The van der Waals surface area contributed by atoms with Gasteiger partial charge < -0.3 is 4.90 Å². The van der Waals surface area contributed by atoms with Gasteiger partial charge in [0.25, 0.3) is 5.92 Å². The minimum atomic E-state index is -2.61. The Balaban J connectivity index is 1.64. The van der Waals surface area contributed by atoms with Crippen LogP contribution in [0.4, 0.5) is 20.3 Å². The molecule has 32 heavy (non-hydrogen) atoms. The fourth-order valence-corrected chi connectivity index (χ4v) is 4.01. The summed E-state index contributed by atoms with van der Waals surface area (Å²) in [4.78, 5) is 16.1. The Morgan fingerprint density at radius 2 is 1.47 bits per heavy atom. The van der Waals surface area contributed by atoms with Crippen molar-refractivity contribution in [3.05, 3.63) is 96.2 Å². The Labute approximate surface area is 185 Å². The molecule has 3 heterocycles. The summed E-state index contributed by atoms with van der Waals surface area (Å²) in [6, 6.07) is 25.5. The smallest absolute Gasteiger partial charge is 0.251 e. The molecule has 0 aliphatic carbocycles. The molecule has 0 unspecified atom stereocenters. The van der Waals surface area contributed by atoms with Crippen LogP contribution in [-0.2, 0) is 0 Å². The third-order valence-electron chi connectivity index (χ3n) is 5.69. The average Bonchev–Trinajstić information content (AvgIpc) is 2.83. The van der Waals surface area contributed by atoms with Gasteiger partial charge in [0.1, 0.15) is 5.52 Å². The van der Waals surface area contributed by atoms with Crippen LogP contribution in [0.2, 0.25) is 0 Å². The Hall–Kier alpha value is -3.67. The molecule has 0 N–H and O–H groups in total. The highest BCUT2D eigenvalue weighted by atomic mass is 19.3. The summed E-state index contributed by atoms with van der Waals surface area (Å²) < 4.78 is 27.5. The second-order valence-corrected chi connectivity index (χ2v) is 7.91. The van der Waals surface area contributed by atoms with E-state index in [-0.39, 0.29) is 25.9 Å². The van der Waals surface area contributed by atoms with Gasteiger partial charge in [0, 0.05) is 49.3 Å². The van der Waals surface area contributed by atoms with Crippen LogP contribution in [0.1, 0.15) is 24.0 Å². The third kappa shape index (κ3) is 4.21. The van der Waals surface area contributed by atoms with E-state index < -0.39 is 5.92 Å². The molecule has 160 valence electrons. The van der Waals surface area contributed by atoms with E-state index in [2.05, 4.69) is 4.98 Å². The number of pyridine rings is 2. The molecule has 2 aromatic carbocycles. The van der Waals surface area contributed by atoms with Crippen molar-refractivity contribution in [3.63, 3.8) is 0 Å². The van der Waals surface area contributed by atoms with Crippen molar-refractivity contribution in [1.29, 1.82) is 0 Å². The minimum absolute atomic E-state index is 0.165. The first kappa shape index (κ1) is 20.2. The number of aliphatic imine (C=N–C) groups is 1. The van der Waals surface area contributed by atoms with Crippen LogP contribution in [0.25, 0.3) is 11.0 Å². The van der Waals surface area contributed by atoms with Crippen LogP contribution in [0, 0.1) is 0 Å². The Kier molecular flexibility index (Phi) is 5.35. The fraction of sp³-hybridized carbons (Fsp3) is 0.192. The van der Waals surface area contributed by atoms with Crippen LogP contribution >= 0.6 is 0 Å². The Morgan fingerprint density at radius 1 is 0.844 bits per heavy atom. The monoisotopic (exact) mass is 428 g/mol. The number of aromatic nitrogens is 2. The largest absolute Gasteiger partial charge is 0.369 e. The molecule has 0 spiro atoms. The van der Waals surface area contributed by atoms with Crippen LogP contribution < -0.4 is 4.90 Å². The number of piperidine rings is 1. The van der Waals surface area contributed by atoms with E-state index in [0.717, 1.165) is 22.5 Å². The van der Waals surface area contributed by atoms with Gasteiger partial charge >= 0.3 is 0 Å². The third-order valence-corrected chi connectivity index (χ3v) is 5.69. The molecule has 4 aromatic rings. The molecule has 0 amide bonds.